The van der Waals surface area contributed by atoms with Crippen molar-refractivity contribution in [1.29, 1.82) is 0 Å². The molecule has 0 aromatic heterocycles. The van der Waals surface area contributed by atoms with Crippen LogP contribution in [0.5, 0.6) is 0 Å². The summed E-state index contributed by atoms with van der Waals surface area (Å²) in [6.45, 7) is 4.92. The Hall–Kier alpha value is -0.0400. The lowest BCUT2D eigenvalue weighted by Crippen LogP contribution is -2.02. The van der Waals surface area contributed by atoms with Gasteiger partial charge in [-0.05, 0) is 18.8 Å². The molecule has 0 aliphatic rings. The molecule has 0 aliphatic heterocycles. The van der Waals surface area contributed by atoms with Crippen molar-refractivity contribution in [3.05, 3.63) is 0 Å². The van der Waals surface area contributed by atoms with Crippen LogP contribution in [0.2, 0.25) is 0 Å². The Morgan fingerprint density at radius 1 is 0.647 bits per heavy atom. The third-order valence-electron chi connectivity index (χ3n) is 3.70. The molecule has 0 bridgehead atoms. The average Bonchev–Trinajstić information content (AvgIpc) is 2.35. The largest absolute Gasteiger partial charge is 0.396 e. The Morgan fingerprint density at radius 2 is 1.12 bits per heavy atom. The zero-order chi connectivity index (χ0) is 12.8. The number of hydrogen-bond donors (Lipinski definition) is 1. The lowest BCUT2D eigenvalue weighted by atomic mass is 9.91. The number of hydrogen-bond acceptors (Lipinski definition) is 1. The summed E-state index contributed by atoms with van der Waals surface area (Å²) in [5.41, 5.74) is 0. The number of aliphatic hydroxyl groups is 1. The predicted octanol–water partition coefficient (Wildman–Crippen LogP) is 5.32. The predicted molar refractivity (Wildman–Crippen MR) is 77.3 cm³/mol. The van der Waals surface area contributed by atoms with Crippen molar-refractivity contribution in [3.63, 3.8) is 0 Å². The van der Waals surface area contributed by atoms with Crippen LogP contribution < -0.4 is 0 Å². The Morgan fingerprint density at radius 3 is 1.53 bits per heavy atom. The lowest BCUT2D eigenvalue weighted by molar-refractivity contribution is 0.262. The molecule has 0 rings (SSSR count). The van der Waals surface area contributed by atoms with Crippen molar-refractivity contribution in [2.45, 2.75) is 90.9 Å². The van der Waals surface area contributed by atoms with E-state index in [0.29, 0.717) is 6.61 Å². The molecular weight excluding hydrogens is 208 g/mol. The van der Waals surface area contributed by atoms with E-state index < -0.39 is 0 Å². The van der Waals surface area contributed by atoms with Gasteiger partial charge in [-0.15, -0.1) is 0 Å². The zero-order valence-corrected chi connectivity index (χ0v) is 12.2. The molecule has 104 valence electrons. The molecule has 1 N–H and O–H groups in total. The molecular formula is C16H34O. The van der Waals surface area contributed by atoms with E-state index in [4.69, 9.17) is 5.11 Å². The van der Waals surface area contributed by atoms with Gasteiger partial charge in [-0.3, -0.25) is 0 Å². The molecule has 0 radical (unpaired) electrons. The van der Waals surface area contributed by atoms with E-state index in [1.807, 2.05) is 0 Å². The molecule has 1 nitrogen and oxygen atoms in total. The molecule has 0 fully saturated rings. The van der Waals surface area contributed by atoms with E-state index in [-0.39, 0.29) is 0 Å². The van der Waals surface area contributed by atoms with Crippen molar-refractivity contribution >= 4 is 0 Å². The van der Waals surface area contributed by atoms with E-state index in [1.165, 1.54) is 70.6 Å². The Balaban J connectivity index is 3.56. The van der Waals surface area contributed by atoms with Gasteiger partial charge < -0.3 is 5.11 Å². The van der Waals surface area contributed by atoms with Crippen molar-refractivity contribution in [1.82, 2.24) is 0 Å². The van der Waals surface area contributed by atoms with Gasteiger partial charge in [0.05, 0.1) is 0 Å². The summed E-state index contributed by atoms with van der Waals surface area (Å²) in [5, 5.41) is 8.93. The van der Waals surface area contributed by atoms with Gasteiger partial charge in [0.1, 0.15) is 0 Å². The molecule has 0 saturated carbocycles. The summed E-state index contributed by atoms with van der Waals surface area (Å²) >= 11 is 0. The maximum absolute atomic E-state index is 8.93. The maximum Gasteiger partial charge on any atom is 0.0431 e. The summed E-state index contributed by atoms with van der Waals surface area (Å²) in [5.74, 6) is 0.885. The van der Waals surface area contributed by atoms with Crippen LogP contribution in [-0.2, 0) is 0 Å². The molecule has 0 saturated heterocycles. The molecule has 0 amide bonds. The van der Waals surface area contributed by atoms with E-state index in [0.717, 1.165) is 12.3 Å². The molecule has 0 heterocycles. The molecule has 0 spiro atoms. The van der Waals surface area contributed by atoms with Crippen LogP contribution in [0.25, 0.3) is 0 Å². The quantitative estimate of drug-likeness (QED) is 0.434. The monoisotopic (exact) mass is 242 g/mol. The van der Waals surface area contributed by atoms with Crippen molar-refractivity contribution < 1.29 is 5.11 Å². The van der Waals surface area contributed by atoms with E-state index in [1.54, 1.807) is 0 Å². The minimum Gasteiger partial charge on any atom is -0.396 e. The average molecular weight is 242 g/mol. The first kappa shape index (κ1) is 17.0. The summed E-state index contributed by atoms with van der Waals surface area (Å²) in [6.07, 6.45) is 16.1. The van der Waals surface area contributed by atoms with E-state index >= 15 is 0 Å². The minimum absolute atomic E-state index is 0.375. The second-order valence-electron chi connectivity index (χ2n) is 5.43. The van der Waals surface area contributed by atoms with Crippen molar-refractivity contribution in [2.24, 2.45) is 5.92 Å². The van der Waals surface area contributed by atoms with Crippen LogP contribution in [0.4, 0.5) is 0 Å². The highest BCUT2D eigenvalue weighted by atomic mass is 16.2. The molecule has 0 aromatic carbocycles. The van der Waals surface area contributed by atoms with Gasteiger partial charge in [-0.2, -0.15) is 0 Å². The van der Waals surface area contributed by atoms with Crippen LogP contribution in [0.1, 0.15) is 90.9 Å². The summed E-state index contributed by atoms with van der Waals surface area (Å²) < 4.78 is 0. The summed E-state index contributed by atoms with van der Waals surface area (Å²) in [6, 6.07) is 0. The van der Waals surface area contributed by atoms with Crippen molar-refractivity contribution in [2.75, 3.05) is 6.61 Å². The van der Waals surface area contributed by atoms with Gasteiger partial charge >= 0.3 is 0 Å². The topological polar surface area (TPSA) is 20.2 Å². The second kappa shape index (κ2) is 14.0. The second-order valence-corrected chi connectivity index (χ2v) is 5.43. The van der Waals surface area contributed by atoms with Crippen LogP contribution in [0.15, 0.2) is 0 Å². The van der Waals surface area contributed by atoms with Gasteiger partial charge in [0.15, 0.2) is 0 Å². The van der Waals surface area contributed by atoms with E-state index in [2.05, 4.69) is 13.8 Å². The smallest absolute Gasteiger partial charge is 0.0431 e. The van der Waals surface area contributed by atoms with Crippen molar-refractivity contribution in [3.8, 4) is 0 Å². The molecule has 0 aliphatic carbocycles. The van der Waals surface area contributed by atoms with Crippen LogP contribution in [0.3, 0.4) is 0 Å². The maximum atomic E-state index is 8.93. The van der Waals surface area contributed by atoms with Crippen LogP contribution in [0, 0.1) is 5.92 Å². The molecule has 0 atom stereocenters. The third-order valence-corrected chi connectivity index (χ3v) is 3.70. The Bertz CT molecular complexity index is 121. The fourth-order valence-corrected chi connectivity index (χ4v) is 2.53. The van der Waals surface area contributed by atoms with Gasteiger partial charge in [-0.1, -0.05) is 78.1 Å². The van der Waals surface area contributed by atoms with Gasteiger partial charge in [0.2, 0.25) is 0 Å². The van der Waals surface area contributed by atoms with Gasteiger partial charge in [-0.25, -0.2) is 0 Å². The Kier molecular flexibility index (Phi) is 14.0. The zero-order valence-electron chi connectivity index (χ0n) is 12.2. The fraction of sp³-hybridized carbons (Fsp3) is 1.00. The SMILES string of the molecule is CCCCCCC(CCCO)CCCCCC. The highest BCUT2D eigenvalue weighted by Gasteiger charge is 2.07. The highest BCUT2D eigenvalue weighted by Crippen LogP contribution is 2.22. The first-order valence-corrected chi connectivity index (χ1v) is 7.96. The van der Waals surface area contributed by atoms with Crippen LogP contribution >= 0.6 is 0 Å². The first-order chi connectivity index (χ1) is 8.35. The Labute approximate surface area is 109 Å². The molecule has 17 heavy (non-hydrogen) atoms. The minimum atomic E-state index is 0.375. The fourth-order valence-electron chi connectivity index (χ4n) is 2.53. The number of rotatable bonds is 13. The number of unbranched alkanes of at least 4 members (excludes halogenated alkanes) is 6. The lowest BCUT2D eigenvalue weighted by Gasteiger charge is -2.16. The third kappa shape index (κ3) is 12.2. The molecule has 0 unspecified atom stereocenters. The first-order valence-electron chi connectivity index (χ1n) is 7.96. The number of aliphatic hydroxyl groups excluding tert-OH is 1. The van der Waals surface area contributed by atoms with Gasteiger partial charge in [0.25, 0.3) is 0 Å². The summed E-state index contributed by atoms with van der Waals surface area (Å²) in [7, 11) is 0. The normalized spacial score (nSPS) is 11.3. The standard InChI is InChI=1S/C16H34O/c1-3-5-7-9-12-16(14-11-15-17)13-10-8-6-4-2/h16-17H,3-15H2,1-2H3. The highest BCUT2D eigenvalue weighted by molar-refractivity contribution is 4.61. The molecule has 1 heteroatoms. The summed E-state index contributed by atoms with van der Waals surface area (Å²) in [4.78, 5) is 0. The van der Waals surface area contributed by atoms with Gasteiger partial charge in [0, 0.05) is 6.61 Å². The molecule has 0 aromatic rings. The van der Waals surface area contributed by atoms with Crippen LogP contribution in [-0.4, -0.2) is 11.7 Å². The van der Waals surface area contributed by atoms with E-state index in [9.17, 15) is 0 Å².